The van der Waals surface area contributed by atoms with E-state index in [9.17, 15) is 5.11 Å². The zero-order valence-electron chi connectivity index (χ0n) is 11.5. The van der Waals surface area contributed by atoms with Crippen molar-refractivity contribution in [3.63, 3.8) is 0 Å². The molecule has 1 heterocycles. The van der Waals surface area contributed by atoms with Gasteiger partial charge in [0.2, 0.25) is 0 Å². The summed E-state index contributed by atoms with van der Waals surface area (Å²) in [4.78, 5) is 2.30. The average molecular weight is 288 g/mol. The first kappa shape index (κ1) is 13.6. The van der Waals surface area contributed by atoms with Crippen LogP contribution in [0.4, 0.5) is 0 Å². The molecule has 2 atom stereocenters. The van der Waals surface area contributed by atoms with E-state index in [0.29, 0.717) is 11.4 Å². The smallest absolute Gasteiger partial charge is 0.0808 e. The summed E-state index contributed by atoms with van der Waals surface area (Å²) in [5.74, 6) is 0. The van der Waals surface area contributed by atoms with Gasteiger partial charge in [0.15, 0.2) is 0 Å². The number of hydrogen-bond acceptors (Lipinski definition) is 2. The van der Waals surface area contributed by atoms with Crippen molar-refractivity contribution in [2.75, 3.05) is 7.05 Å². The largest absolute Gasteiger partial charge is 0.388 e. The second-order valence-corrected chi connectivity index (χ2v) is 5.87. The topological polar surface area (TPSA) is 23.5 Å². The Labute approximate surface area is 124 Å². The van der Waals surface area contributed by atoms with Crippen molar-refractivity contribution in [3.8, 4) is 0 Å². The van der Waals surface area contributed by atoms with Crippen LogP contribution in [0.3, 0.4) is 0 Å². The van der Waals surface area contributed by atoms with Crippen molar-refractivity contribution in [1.82, 2.24) is 4.90 Å². The summed E-state index contributed by atoms with van der Waals surface area (Å²) in [6.07, 6.45) is 0.237. The summed E-state index contributed by atoms with van der Waals surface area (Å²) in [7, 11) is 2.11. The van der Waals surface area contributed by atoms with Gasteiger partial charge < -0.3 is 5.11 Å². The Morgan fingerprint density at radius 3 is 2.65 bits per heavy atom. The van der Waals surface area contributed by atoms with Gasteiger partial charge in [-0.2, -0.15) is 0 Å². The molecule has 2 nitrogen and oxygen atoms in total. The lowest BCUT2D eigenvalue weighted by molar-refractivity contribution is 0.120. The fourth-order valence-corrected chi connectivity index (χ4v) is 3.08. The van der Waals surface area contributed by atoms with E-state index >= 15 is 0 Å². The third-order valence-corrected chi connectivity index (χ3v) is 4.32. The van der Waals surface area contributed by atoms with Gasteiger partial charge in [0.05, 0.1) is 6.10 Å². The predicted molar refractivity (Wildman–Crippen MR) is 81.7 cm³/mol. The maximum Gasteiger partial charge on any atom is 0.0808 e. The quantitative estimate of drug-likeness (QED) is 0.924. The molecule has 1 N–H and O–H groups in total. The highest BCUT2D eigenvalue weighted by Crippen LogP contribution is 2.38. The van der Waals surface area contributed by atoms with Gasteiger partial charge in [0.25, 0.3) is 0 Å². The molecule has 0 amide bonds. The monoisotopic (exact) mass is 287 g/mol. The molecule has 104 valence electrons. The fourth-order valence-electron chi connectivity index (χ4n) is 2.96. The van der Waals surface area contributed by atoms with Crippen molar-refractivity contribution in [2.45, 2.75) is 25.1 Å². The molecule has 2 aromatic carbocycles. The lowest BCUT2D eigenvalue weighted by Gasteiger charge is -2.23. The van der Waals surface area contributed by atoms with Gasteiger partial charge in [-0.1, -0.05) is 48.0 Å². The van der Waals surface area contributed by atoms with Crippen molar-refractivity contribution < 1.29 is 5.11 Å². The summed E-state index contributed by atoms with van der Waals surface area (Å²) in [5.41, 5.74) is 3.62. The minimum absolute atomic E-state index is 0.275. The van der Waals surface area contributed by atoms with Crippen LogP contribution in [0.25, 0.3) is 0 Å². The molecule has 0 saturated heterocycles. The van der Waals surface area contributed by atoms with Crippen LogP contribution in [0, 0.1) is 0 Å². The van der Waals surface area contributed by atoms with Crippen LogP contribution in [-0.4, -0.2) is 17.1 Å². The first-order chi connectivity index (χ1) is 9.65. The lowest BCUT2D eigenvalue weighted by Crippen LogP contribution is -2.19. The minimum Gasteiger partial charge on any atom is -0.388 e. The maximum atomic E-state index is 10.4. The zero-order valence-corrected chi connectivity index (χ0v) is 12.2. The van der Waals surface area contributed by atoms with Gasteiger partial charge in [-0.25, -0.2) is 0 Å². The van der Waals surface area contributed by atoms with Crippen LogP contribution in [0.5, 0.6) is 0 Å². The summed E-state index contributed by atoms with van der Waals surface area (Å²) in [5, 5.41) is 11.1. The Morgan fingerprint density at radius 2 is 1.90 bits per heavy atom. The van der Waals surface area contributed by atoms with Crippen molar-refractivity contribution >= 4 is 11.6 Å². The summed E-state index contributed by atoms with van der Waals surface area (Å²) < 4.78 is 0. The van der Waals surface area contributed by atoms with E-state index in [1.54, 1.807) is 0 Å². The number of benzene rings is 2. The normalized spacial score (nSPS) is 19.9. The van der Waals surface area contributed by atoms with Crippen LogP contribution in [0.15, 0.2) is 48.5 Å². The van der Waals surface area contributed by atoms with Gasteiger partial charge in [-0.15, -0.1) is 0 Å². The van der Waals surface area contributed by atoms with Crippen molar-refractivity contribution in [1.29, 1.82) is 0 Å². The van der Waals surface area contributed by atoms with E-state index in [0.717, 1.165) is 12.1 Å². The van der Waals surface area contributed by atoms with E-state index in [-0.39, 0.29) is 6.04 Å². The van der Waals surface area contributed by atoms with Crippen LogP contribution < -0.4 is 0 Å². The van der Waals surface area contributed by atoms with Crippen molar-refractivity contribution in [3.05, 3.63) is 70.2 Å². The highest BCUT2D eigenvalue weighted by molar-refractivity contribution is 6.30. The molecule has 3 heteroatoms. The average Bonchev–Trinajstić information content (AvgIpc) is 2.76. The molecule has 0 unspecified atom stereocenters. The molecular formula is C17H18ClNO. The molecule has 3 rings (SSSR count). The van der Waals surface area contributed by atoms with E-state index < -0.39 is 6.10 Å². The Hall–Kier alpha value is -1.35. The predicted octanol–water partition coefficient (Wildman–Crippen LogP) is 3.95. The Bertz CT molecular complexity index is 596. The summed E-state index contributed by atoms with van der Waals surface area (Å²) >= 11 is 5.89. The molecule has 2 aromatic rings. The van der Waals surface area contributed by atoms with Crippen LogP contribution in [0.1, 0.15) is 35.3 Å². The third-order valence-electron chi connectivity index (χ3n) is 4.07. The van der Waals surface area contributed by atoms with Crippen LogP contribution in [-0.2, 0) is 6.54 Å². The van der Waals surface area contributed by atoms with E-state index in [2.05, 4.69) is 36.2 Å². The standard InChI is InChI=1S/C17H18ClNO/c1-19-11-13-4-2-3-5-15(13)16(19)10-17(20)12-6-8-14(18)9-7-12/h2-9,16-17,20H,10-11H2,1H3/t16-,17-/m1/s1. The fraction of sp³-hybridized carbons (Fsp3) is 0.294. The number of fused-ring (bicyclic) bond motifs is 1. The van der Waals surface area contributed by atoms with Gasteiger partial charge in [0.1, 0.15) is 0 Å². The number of hydrogen-bond donors (Lipinski definition) is 1. The molecule has 0 radical (unpaired) electrons. The van der Waals surface area contributed by atoms with Gasteiger partial charge in [-0.05, 0) is 42.3 Å². The summed E-state index contributed by atoms with van der Waals surface area (Å²) in [6, 6.07) is 16.2. The number of halogens is 1. The first-order valence-electron chi connectivity index (χ1n) is 6.86. The third kappa shape index (κ3) is 2.59. The molecule has 0 spiro atoms. The van der Waals surface area contributed by atoms with E-state index in [1.165, 1.54) is 11.1 Å². The summed E-state index contributed by atoms with van der Waals surface area (Å²) in [6.45, 7) is 0.953. The molecule has 1 aliphatic heterocycles. The van der Waals surface area contributed by atoms with Crippen LogP contribution in [0.2, 0.25) is 5.02 Å². The highest BCUT2D eigenvalue weighted by Gasteiger charge is 2.29. The minimum atomic E-state index is -0.467. The molecule has 20 heavy (non-hydrogen) atoms. The van der Waals surface area contributed by atoms with E-state index in [4.69, 9.17) is 11.6 Å². The number of rotatable bonds is 3. The number of aliphatic hydroxyl groups excluding tert-OH is 1. The molecule has 0 bridgehead atoms. The molecule has 0 aliphatic carbocycles. The molecule has 0 fully saturated rings. The highest BCUT2D eigenvalue weighted by atomic mass is 35.5. The molecule has 0 aromatic heterocycles. The number of aliphatic hydroxyl groups is 1. The first-order valence-corrected chi connectivity index (χ1v) is 7.24. The Morgan fingerprint density at radius 1 is 1.20 bits per heavy atom. The lowest BCUT2D eigenvalue weighted by atomic mass is 9.96. The SMILES string of the molecule is CN1Cc2ccccc2[C@H]1C[C@@H](O)c1ccc(Cl)cc1. The second-order valence-electron chi connectivity index (χ2n) is 5.43. The van der Waals surface area contributed by atoms with Crippen molar-refractivity contribution in [2.24, 2.45) is 0 Å². The van der Waals surface area contributed by atoms with Crippen LogP contribution >= 0.6 is 11.6 Å². The Kier molecular flexibility index (Phi) is 3.79. The van der Waals surface area contributed by atoms with E-state index in [1.807, 2.05) is 24.3 Å². The second kappa shape index (κ2) is 5.57. The maximum absolute atomic E-state index is 10.4. The molecular weight excluding hydrogens is 270 g/mol. The number of nitrogens with zero attached hydrogens (tertiary/aromatic N) is 1. The Balaban J connectivity index is 1.79. The van der Waals surface area contributed by atoms with Gasteiger partial charge in [0, 0.05) is 17.6 Å². The van der Waals surface area contributed by atoms with Gasteiger partial charge >= 0.3 is 0 Å². The zero-order chi connectivity index (χ0) is 14.1. The molecule has 1 aliphatic rings. The molecule has 0 saturated carbocycles. The van der Waals surface area contributed by atoms with Gasteiger partial charge in [-0.3, -0.25) is 4.90 Å².